The lowest BCUT2D eigenvalue weighted by Crippen LogP contribution is -2.48. The Bertz CT molecular complexity index is 245. The molecule has 0 aromatic heterocycles. The van der Waals surface area contributed by atoms with E-state index in [-0.39, 0.29) is 6.54 Å². The molecular weight excluding hydrogens is 222 g/mol. The number of alkyl halides is 2. The van der Waals surface area contributed by atoms with Gasteiger partial charge in [-0.3, -0.25) is 4.90 Å². The highest BCUT2D eigenvalue weighted by Gasteiger charge is 2.38. The molecule has 100 valence electrons. The van der Waals surface area contributed by atoms with Gasteiger partial charge < -0.3 is 4.90 Å². The predicted molar refractivity (Wildman–Crippen MR) is 65.5 cm³/mol. The van der Waals surface area contributed by atoms with Gasteiger partial charge in [0.1, 0.15) is 0 Å². The summed E-state index contributed by atoms with van der Waals surface area (Å²) in [7, 11) is 2.17. The smallest absolute Gasteiger partial charge is 0.257 e. The molecule has 1 spiro atoms. The average molecular weight is 246 g/mol. The predicted octanol–water partition coefficient (Wildman–Crippen LogP) is 2.45. The van der Waals surface area contributed by atoms with Crippen LogP contribution in [-0.4, -0.2) is 55.5 Å². The van der Waals surface area contributed by atoms with Gasteiger partial charge in [0.05, 0.1) is 6.54 Å². The normalized spacial score (nSPS) is 27.5. The molecule has 2 saturated heterocycles. The molecule has 0 aromatic carbocycles. The summed E-state index contributed by atoms with van der Waals surface area (Å²) < 4.78 is 25.9. The maximum Gasteiger partial charge on any atom is 0.257 e. The van der Waals surface area contributed by atoms with E-state index < -0.39 is 5.92 Å². The van der Waals surface area contributed by atoms with Crippen molar-refractivity contribution in [2.45, 2.75) is 38.5 Å². The van der Waals surface area contributed by atoms with E-state index in [9.17, 15) is 8.78 Å². The third-order valence-electron chi connectivity index (χ3n) is 4.47. The molecule has 4 heteroatoms. The molecule has 0 radical (unpaired) electrons. The van der Waals surface area contributed by atoms with Gasteiger partial charge in [-0.25, -0.2) is 8.78 Å². The molecule has 2 fully saturated rings. The summed E-state index contributed by atoms with van der Waals surface area (Å²) >= 11 is 0. The van der Waals surface area contributed by atoms with Crippen LogP contribution in [0.5, 0.6) is 0 Å². The molecule has 2 nitrogen and oxygen atoms in total. The highest BCUT2D eigenvalue weighted by Crippen LogP contribution is 2.41. The monoisotopic (exact) mass is 246 g/mol. The minimum atomic E-state index is -2.54. The molecule has 0 bridgehead atoms. The highest BCUT2D eigenvalue weighted by atomic mass is 19.3. The number of piperidine rings is 2. The molecular formula is C13H24F2N2. The first kappa shape index (κ1) is 13.2. The summed E-state index contributed by atoms with van der Waals surface area (Å²) in [6.45, 7) is 5.00. The van der Waals surface area contributed by atoms with Crippen LogP contribution in [0.3, 0.4) is 0 Å². The molecule has 0 amide bonds. The second-order valence-corrected chi connectivity index (χ2v) is 6.15. The lowest BCUT2D eigenvalue weighted by molar-refractivity contribution is -0.0380. The van der Waals surface area contributed by atoms with Gasteiger partial charge in [-0.15, -0.1) is 0 Å². The zero-order valence-electron chi connectivity index (χ0n) is 11.0. The Morgan fingerprint density at radius 2 is 1.47 bits per heavy atom. The maximum atomic E-state index is 12.9. The first-order valence-corrected chi connectivity index (χ1v) is 6.67. The zero-order valence-corrected chi connectivity index (χ0v) is 11.0. The second kappa shape index (κ2) is 4.81. The van der Waals surface area contributed by atoms with Crippen molar-refractivity contribution in [3.8, 4) is 0 Å². The van der Waals surface area contributed by atoms with Crippen LogP contribution in [-0.2, 0) is 0 Å². The Morgan fingerprint density at radius 1 is 1.00 bits per heavy atom. The highest BCUT2D eigenvalue weighted by molar-refractivity contribution is 4.90. The van der Waals surface area contributed by atoms with Crippen molar-refractivity contribution < 1.29 is 8.78 Å². The summed E-state index contributed by atoms with van der Waals surface area (Å²) in [5.74, 6) is -2.54. The largest absolute Gasteiger partial charge is 0.306 e. The van der Waals surface area contributed by atoms with Gasteiger partial charge in [0.2, 0.25) is 0 Å². The van der Waals surface area contributed by atoms with Gasteiger partial charge in [-0.1, -0.05) is 0 Å². The average Bonchev–Trinajstić information content (AvgIpc) is 2.24. The molecule has 0 aromatic rings. The van der Waals surface area contributed by atoms with Crippen molar-refractivity contribution in [3.05, 3.63) is 0 Å². The third kappa shape index (κ3) is 3.62. The summed E-state index contributed by atoms with van der Waals surface area (Å²) in [4.78, 5) is 4.31. The van der Waals surface area contributed by atoms with E-state index in [0.29, 0.717) is 5.41 Å². The van der Waals surface area contributed by atoms with Crippen molar-refractivity contribution in [2.24, 2.45) is 5.41 Å². The summed E-state index contributed by atoms with van der Waals surface area (Å²) in [6.07, 6.45) is 4.72. The Balaban J connectivity index is 1.81. The topological polar surface area (TPSA) is 6.48 Å². The van der Waals surface area contributed by atoms with Gasteiger partial charge in [0, 0.05) is 6.92 Å². The minimum Gasteiger partial charge on any atom is -0.306 e. The van der Waals surface area contributed by atoms with Gasteiger partial charge in [0.25, 0.3) is 5.92 Å². The number of hydrogen-bond donors (Lipinski definition) is 0. The molecule has 2 aliphatic rings. The van der Waals surface area contributed by atoms with Crippen LogP contribution in [0.25, 0.3) is 0 Å². The summed E-state index contributed by atoms with van der Waals surface area (Å²) in [6, 6.07) is 0. The molecule has 0 aliphatic carbocycles. The fourth-order valence-electron chi connectivity index (χ4n) is 3.17. The lowest BCUT2D eigenvalue weighted by atomic mass is 9.71. The van der Waals surface area contributed by atoms with E-state index in [1.54, 1.807) is 0 Å². The quantitative estimate of drug-likeness (QED) is 0.738. The standard InChI is InChI=1S/C13H24F2N2/c1-12(14,15)11-17-9-5-13(6-10-17)3-7-16(2)8-4-13/h3-11H2,1-2H3. The first-order valence-electron chi connectivity index (χ1n) is 6.67. The van der Waals surface area contributed by atoms with Crippen LogP contribution in [0.2, 0.25) is 0 Å². The Kier molecular flexibility index (Phi) is 3.74. The number of rotatable bonds is 2. The lowest BCUT2D eigenvalue weighted by Gasteiger charge is -2.46. The van der Waals surface area contributed by atoms with Crippen LogP contribution in [0.15, 0.2) is 0 Å². The fraction of sp³-hybridized carbons (Fsp3) is 1.00. The molecule has 17 heavy (non-hydrogen) atoms. The van der Waals surface area contributed by atoms with E-state index in [1.165, 1.54) is 25.9 Å². The number of nitrogens with zero attached hydrogens (tertiary/aromatic N) is 2. The number of likely N-dealkylation sites (tertiary alicyclic amines) is 2. The van der Waals surface area contributed by atoms with Gasteiger partial charge >= 0.3 is 0 Å². The van der Waals surface area contributed by atoms with Gasteiger partial charge in [-0.2, -0.15) is 0 Å². The van der Waals surface area contributed by atoms with E-state index in [0.717, 1.165) is 32.9 Å². The Hall–Kier alpha value is -0.220. The van der Waals surface area contributed by atoms with Crippen LogP contribution in [0.1, 0.15) is 32.6 Å². The summed E-state index contributed by atoms with van der Waals surface area (Å²) in [5.41, 5.74) is 0.464. The molecule has 0 unspecified atom stereocenters. The van der Waals surface area contributed by atoms with Crippen LogP contribution in [0.4, 0.5) is 8.78 Å². The number of hydrogen-bond acceptors (Lipinski definition) is 2. The molecule has 0 N–H and O–H groups in total. The molecule has 0 atom stereocenters. The van der Waals surface area contributed by atoms with Crippen LogP contribution < -0.4 is 0 Å². The molecule has 2 aliphatic heterocycles. The van der Waals surface area contributed by atoms with Gasteiger partial charge in [0.15, 0.2) is 0 Å². The zero-order chi connectivity index (χ0) is 12.5. The van der Waals surface area contributed by atoms with E-state index >= 15 is 0 Å². The van der Waals surface area contributed by atoms with Crippen molar-refractivity contribution in [1.82, 2.24) is 9.80 Å². The van der Waals surface area contributed by atoms with Crippen molar-refractivity contribution in [2.75, 3.05) is 39.8 Å². The van der Waals surface area contributed by atoms with Crippen LogP contribution in [0, 0.1) is 5.41 Å². The van der Waals surface area contributed by atoms with E-state index in [4.69, 9.17) is 0 Å². The van der Waals surface area contributed by atoms with E-state index in [1.807, 2.05) is 4.90 Å². The second-order valence-electron chi connectivity index (χ2n) is 6.15. The maximum absolute atomic E-state index is 12.9. The first-order chi connectivity index (χ1) is 7.89. The third-order valence-corrected chi connectivity index (χ3v) is 4.47. The fourth-order valence-corrected chi connectivity index (χ4v) is 3.17. The van der Waals surface area contributed by atoms with E-state index in [2.05, 4.69) is 11.9 Å². The van der Waals surface area contributed by atoms with Crippen molar-refractivity contribution in [3.63, 3.8) is 0 Å². The van der Waals surface area contributed by atoms with Gasteiger partial charge in [-0.05, 0) is 64.3 Å². The molecule has 2 heterocycles. The number of halogens is 2. The molecule has 0 saturated carbocycles. The van der Waals surface area contributed by atoms with Crippen molar-refractivity contribution >= 4 is 0 Å². The van der Waals surface area contributed by atoms with Crippen molar-refractivity contribution in [1.29, 1.82) is 0 Å². The van der Waals surface area contributed by atoms with Crippen LogP contribution >= 0.6 is 0 Å². The minimum absolute atomic E-state index is 0.0665. The SMILES string of the molecule is CN1CCC2(CC1)CCN(CC(C)(F)F)CC2. The Morgan fingerprint density at radius 3 is 1.94 bits per heavy atom. The Labute approximate surface area is 103 Å². The summed E-state index contributed by atoms with van der Waals surface area (Å²) in [5, 5.41) is 0. The molecule has 2 rings (SSSR count).